The van der Waals surface area contributed by atoms with Crippen LogP contribution in [0.1, 0.15) is 6.42 Å². The molecule has 9 heavy (non-hydrogen) atoms. The number of aliphatic hydroxyl groups is 1. The van der Waals surface area contributed by atoms with Gasteiger partial charge >= 0.3 is 0 Å². The lowest BCUT2D eigenvalue weighted by Crippen LogP contribution is -2.49. The van der Waals surface area contributed by atoms with Gasteiger partial charge in [-0.1, -0.05) is 0 Å². The van der Waals surface area contributed by atoms with Crippen molar-refractivity contribution in [3.8, 4) is 0 Å². The van der Waals surface area contributed by atoms with E-state index in [0.29, 0.717) is 0 Å². The Hall–Kier alpha value is 0.170. The first-order valence-electron chi connectivity index (χ1n) is 2.95. The number of nitrogens with one attached hydrogen (secondary N) is 1. The van der Waals surface area contributed by atoms with E-state index in [4.69, 9.17) is 10.8 Å². The van der Waals surface area contributed by atoms with Crippen LogP contribution in [0.15, 0.2) is 0 Å². The lowest BCUT2D eigenvalue weighted by atomic mass is 10.1. The van der Waals surface area contributed by atoms with E-state index in [1.165, 1.54) is 0 Å². The lowest BCUT2D eigenvalue weighted by Gasteiger charge is -2.24. The summed E-state index contributed by atoms with van der Waals surface area (Å²) < 4.78 is 0. The second-order valence-electron chi connectivity index (χ2n) is 2.22. The van der Waals surface area contributed by atoms with Crippen LogP contribution in [0.4, 0.5) is 0 Å². The number of nitrogens with two attached hydrogens (primary N) is 1. The molecule has 1 aliphatic rings. The van der Waals surface area contributed by atoms with E-state index < -0.39 is 0 Å². The first-order chi connectivity index (χ1) is 3.80. The first kappa shape index (κ1) is 9.17. The Bertz CT molecular complexity index is 71.4. The zero-order chi connectivity index (χ0) is 5.98. The monoisotopic (exact) mass is 152 g/mol. The van der Waals surface area contributed by atoms with Crippen LogP contribution in [-0.2, 0) is 0 Å². The Balaban J connectivity index is 0.000000640. The highest BCUT2D eigenvalue weighted by molar-refractivity contribution is 5.85. The lowest BCUT2D eigenvalue weighted by molar-refractivity contribution is 0.116. The molecule has 1 aliphatic heterocycles. The topological polar surface area (TPSA) is 58.3 Å². The fraction of sp³-hybridized carbons (Fsp3) is 1.00. The molecule has 4 N–H and O–H groups in total. The van der Waals surface area contributed by atoms with E-state index in [1.54, 1.807) is 0 Å². The fourth-order valence-corrected chi connectivity index (χ4v) is 0.869. The van der Waals surface area contributed by atoms with Gasteiger partial charge in [0.05, 0.1) is 6.10 Å². The number of rotatable bonds is 0. The summed E-state index contributed by atoms with van der Waals surface area (Å²) in [4.78, 5) is 0. The van der Waals surface area contributed by atoms with Crippen LogP contribution in [0, 0.1) is 0 Å². The molecule has 0 aromatic heterocycles. The van der Waals surface area contributed by atoms with Crippen molar-refractivity contribution in [2.75, 3.05) is 13.1 Å². The summed E-state index contributed by atoms with van der Waals surface area (Å²) in [5.41, 5.74) is 5.47. The van der Waals surface area contributed by atoms with E-state index in [1.807, 2.05) is 0 Å². The van der Waals surface area contributed by atoms with Crippen LogP contribution in [0.5, 0.6) is 0 Å². The van der Waals surface area contributed by atoms with Gasteiger partial charge in [-0.25, -0.2) is 0 Å². The smallest absolute Gasteiger partial charge is 0.0715 e. The third-order valence-corrected chi connectivity index (χ3v) is 1.49. The maximum atomic E-state index is 9.01. The van der Waals surface area contributed by atoms with Gasteiger partial charge in [0.25, 0.3) is 0 Å². The molecule has 56 valence electrons. The molecule has 1 saturated heterocycles. The van der Waals surface area contributed by atoms with E-state index in [0.717, 1.165) is 19.5 Å². The minimum atomic E-state index is -0.281. The third-order valence-electron chi connectivity index (χ3n) is 1.49. The number of piperidine rings is 1. The molecule has 0 unspecified atom stereocenters. The molecule has 0 saturated carbocycles. The molecule has 2 atom stereocenters. The maximum Gasteiger partial charge on any atom is 0.0715 e. The van der Waals surface area contributed by atoms with E-state index in [9.17, 15) is 0 Å². The van der Waals surface area contributed by atoms with Crippen molar-refractivity contribution < 1.29 is 5.11 Å². The summed E-state index contributed by atoms with van der Waals surface area (Å²) >= 11 is 0. The van der Waals surface area contributed by atoms with Crippen LogP contribution in [0.3, 0.4) is 0 Å². The molecule has 1 rings (SSSR count). The van der Waals surface area contributed by atoms with Gasteiger partial charge in [0.15, 0.2) is 0 Å². The average Bonchev–Trinajstić information content (AvgIpc) is 1.77. The zero-order valence-electron chi connectivity index (χ0n) is 5.21. The number of hydrogen-bond donors (Lipinski definition) is 3. The van der Waals surface area contributed by atoms with Gasteiger partial charge in [0.2, 0.25) is 0 Å². The number of hydrogen-bond acceptors (Lipinski definition) is 3. The van der Waals surface area contributed by atoms with Crippen LogP contribution in [0.25, 0.3) is 0 Å². The van der Waals surface area contributed by atoms with Crippen LogP contribution >= 0.6 is 12.4 Å². The second-order valence-corrected chi connectivity index (χ2v) is 2.22. The van der Waals surface area contributed by atoms with Crippen molar-refractivity contribution in [1.29, 1.82) is 0 Å². The van der Waals surface area contributed by atoms with Crippen molar-refractivity contribution >= 4 is 12.4 Å². The Morgan fingerprint density at radius 1 is 1.56 bits per heavy atom. The highest BCUT2D eigenvalue weighted by Crippen LogP contribution is 1.98. The van der Waals surface area contributed by atoms with Crippen molar-refractivity contribution in [3.05, 3.63) is 0 Å². The van der Waals surface area contributed by atoms with Crippen LogP contribution < -0.4 is 11.1 Å². The molecule has 0 aromatic carbocycles. The maximum absolute atomic E-state index is 9.01. The summed E-state index contributed by atoms with van der Waals surface area (Å²) in [5, 5.41) is 12.1. The summed E-state index contributed by atoms with van der Waals surface area (Å²) in [7, 11) is 0. The normalized spacial score (nSPS) is 35.3. The summed E-state index contributed by atoms with van der Waals surface area (Å²) in [6, 6.07) is -0.0521. The molecule has 0 amide bonds. The molecule has 0 bridgehead atoms. The molecule has 3 nitrogen and oxygen atoms in total. The predicted octanol–water partition coefficient (Wildman–Crippen LogP) is -0.910. The first-order valence-corrected chi connectivity index (χ1v) is 2.95. The Labute approximate surface area is 61.0 Å². The van der Waals surface area contributed by atoms with Crippen LogP contribution in [0.2, 0.25) is 0 Å². The fourth-order valence-electron chi connectivity index (χ4n) is 0.869. The Morgan fingerprint density at radius 2 is 2.22 bits per heavy atom. The summed E-state index contributed by atoms with van der Waals surface area (Å²) in [6.07, 6.45) is 0.512. The Kier molecular flexibility index (Phi) is 4.14. The zero-order valence-corrected chi connectivity index (χ0v) is 6.03. The SMILES string of the molecule is Cl.N[C@H]1CNCC[C@@H]1O. The van der Waals surface area contributed by atoms with Crippen molar-refractivity contribution in [1.82, 2.24) is 5.32 Å². The van der Waals surface area contributed by atoms with E-state index >= 15 is 0 Å². The van der Waals surface area contributed by atoms with Gasteiger partial charge in [0, 0.05) is 12.6 Å². The minimum Gasteiger partial charge on any atom is -0.391 e. The molecule has 0 spiro atoms. The van der Waals surface area contributed by atoms with E-state index in [-0.39, 0.29) is 24.6 Å². The van der Waals surface area contributed by atoms with Gasteiger partial charge in [-0.3, -0.25) is 0 Å². The summed E-state index contributed by atoms with van der Waals surface area (Å²) in [6.45, 7) is 1.65. The number of aliphatic hydroxyl groups excluding tert-OH is 1. The van der Waals surface area contributed by atoms with E-state index in [2.05, 4.69) is 5.32 Å². The molecule has 0 radical (unpaired) electrons. The minimum absolute atomic E-state index is 0. The van der Waals surface area contributed by atoms with Crippen molar-refractivity contribution in [2.24, 2.45) is 5.73 Å². The molecule has 1 fully saturated rings. The predicted molar refractivity (Wildman–Crippen MR) is 38.7 cm³/mol. The van der Waals surface area contributed by atoms with Crippen molar-refractivity contribution in [3.63, 3.8) is 0 Å². The van der Waals surface area contributed by atoms with Gasteiger partial charge in [-0.05, 0) is 13.0 Å². The average molecular weight is 153 g/mol. The molecular weight excluding hydrogens is 140 g/mol. The second kappa shape index (κ2) is 4.06. The van der Waals surface area contributed by atoms with Gasteiger partial charge in [0.1, 0.15) is 0 Å². The standard InChI is InChI=1S/C5H12N2O.ClH/c6-4-3-7-2-1-5(4)8;/h4-5,7-8H,1-3,6H2;1H/t4-,5-;/m0./s1. The summed E-state index contributed by atoms with van der Waals surface area (Å²) in [5.74, 6) is 0. The molecule has 4 heteroatoms. The quantitative estimate of drug-likeness (QED) is 0.421. The number of halogens is 1. The van der Waals surface area contributed by atoms with Crippen LogP contribution in [-0.4, -0.2) is 30.3 Å². The third kappa shape index (κ3) is 2.49. The molecule has 0 aromatic rings. The molecule has 1 heterocycles. The Morgan fingerprint density at radius 3 is 2.56 bits per heavy atom. The van der Waals surface area contributed by atoms with Gasteiger partial charge < -0.3 is 16.2 Å². The van der Waals surface area contributed by atoms with Gasteiger partial charge in [-0.2, -0.15) is 0 Å². The highest BCUT2D eigenvalue weighted by atomic mass is 35.5. The molecule has 0 aliphatic carbocycles. The van der Waals surface area contributed by atoms with Gasteiger partial charge in [-0.15, -0.1) is 12.4 Å². The largest absolute Gasteiger partial charge is 0.391 e. The highest BCUT2D eigenvalue weighted by Gasteiger charge is 2.17. The van der Waals surface area contributed by atoms with Crippen molar-refractivity contribution in [2.45, 2.75) is 18.6 Å². The molecular formula is C5H13ClN2O.